The molecule has 4 rings (SSSR count). The minimum atomic E-state index is -0.292. The van der Waals surface area contributed by atoms with Crippen molar-refractivity contribution >= 4 is 35.0 Å². The molecular formula is C27H24ClN3O2S. The van der Waals surface area contributed by atoms with E-state index in [-0.39, 0.29) is 16.6 Å². The van der Waals surface area contributed by atoms with Gasteiger partial charge >= 0.3 is 0 Å². The Bertz CT molecular complexity index is 1270. The number of hydrogen-bond acceptors (Lipinski definition) is 5. The van der Waals surface area contributed by atoms with Gasteiger partial charge in [0.05, 0.1) is 24.9 Å². The Morgan fingerprint density at radius 1 is 1.00 bits per heavy atom. The lowest BCUT2D eigenvalue weighted by Crippen LogP contribution is -2.31. The smallest absolute Gasteiger partial charge is 0.278 e. The van der Waals surface area contributed by atoms with Crippen molar-refractivity contribution in [2.24, 2.45) is 0 Å². The van der Waals surface area contributed by atoms with Gasteiger partial charge in [-0.05, 0) is 47.9 Å². The Hall–Kier alpha value is -3.35. The molecule has 0 aliphatic rings. The maximum Gasteiger partial charge on any atom is 0.278 e. The molecule has 7 heteroatoms. The molecule has 0 saturated heterocycles. The van der Waals surface area contributed by atoms with Gasteiger partial charge in [0.1, 0.15) is 5.75 Å². The topological polar surface area (TPSA) is 55.3 Å². The van der Waals surface area contributed by atoms with Crippen LogP contribution >= 0.6 is 23.4 Å². The van der Waals surface area contributed by atoms with Crippen LogP contribution in [0.15, 0.2) is 90.2 Å². The Morgan fingerprint density at radius 2 is 1.71 bits per heavy atom. The molecule has 1 aromatic heterocycles. The van der Waals surface area contributed by atoms with Gasteiger partial charge in [-0.1, -0.05) is 78.0 Å². The van der Waals surface area contributed by atoms with Gasteiger partial charge in [-0.25, -0.2) is 9.97 Å². The number of thioether (sulfide) groups is 1. The highest BCUT2D eigenvalue weighted by Crippen LogP contribution is 2.27. The first-order valence-electron chi connectivity index (χ1n) is 10.7. The molecule has 1 heterocycles. The van der Waals surface area contributed by atoms with E-state index in [4.69, 9.17) is 16.3 Å². The van der Waals surface area contributed by atoms with E-state index >= 15 is 0 Å². The van der Waals surface area contributed by atoms with E-state index in [1.54, 1.807) is 12.0 Å². The van der Waals surface area contributed by atoms with Gasteiger partial charge in [-0.2, -0.15) is 0 Å². The highest BCUT2D eigenvalue weighted by atomic mass is 35.5. The fourth-order valence-corrected chi connectivity index (χ4v) is 4.48. The molecule has 0 fully saturated rings. The fourth-order valence-electron chi connectivity index (χ4n) is 3.42. The molecule has 0 bridgehead atoms. The fraction of sp³-hybridized carbons (Fsp3) is 0.148. The highest BCUT2D eigenvalue weighted by molar-refractivity contribution is 7.98. The highest BCUT2D eigenvalue weighted by Gasteiger charge is 2.23. The van der Waals surface area contributed by atoms with Crippen LogP contribution in [-0.2, 0) is 12.3 Å². The number of carbonyl (C=O) groups excluding carboxylic acids is 1. The predicted molar refractivity (Wildman–Crippen MR) is 138 cm³/mol. The number of carbonyl (C=O) groups is 1. The summed E-state index contributed by atoms with van der Waals surface area (Å²) in [5.41, 5.74) is 4.29. The third kappa shape index (κ3) is 5.76. The van der Waals surface area contributed by atoms with Gasteiger partial charge in [0.25, 0.3) is 5.91 Å². The molecule has 0 aliphatic carbocycles. The molecule has 0 unspecified atom stereocenters. The third-order valence-electron chi connectivity index (χ3n) is 5.36. The van der Waals surface area contributed by atoms with Crippen molar-refractivity contribution in [1.82, 2.24) is 9.97 Å². The lowest BCUT2D eigenvalue weighted by molar-refractivity contribution is 0.0979. The van der Waals surface area contributed by atoms with E-state index in [0.29, 0.717) is 23.2 Å². The monoisotopic (exact) mass is 489 g/mol. The summed E-state index contributed by atoms with van der Waals surface area (Å²) in [7, 11) is 1.61. The third-order valence-corrected chi connectivity index (χ3v) is 6.54. The van der Waals surface area contributed by atoms with Crippen molar-refractivity contribution in [2.75, 3.05) is 12.0 Å². The zero-order chi connectivity index (χ0) is 23.9. The summed E-state index contributed by atoms with van der Waals surface area (Å²) in [5.74, 6) is 1.12. The van der Waals surface area contributed by atoms with Crippen molar-refractivity contribution in [3.8, 4) is 5.75 Å². The van der Waals surface area contributed by atoms with E-state index < -0.39 is 0 Å². The lowest BCUT2D eigenvalue weighted by atomic mass is 10.1. The van der Waals surface area contributed by atoms with Crippen molar-refractivity contribution in [3.05, 3.63) is 112 Å². The number of halogens is 1. The standard InChI is InChI=1S/C27H24ClN3O2S/c1-19-8-6-7-11-21(19)18-34-27-29-16-24(28)25(30-27)26(32)31(17-20-9-4-3-5-10-20)22-12-14-23(33-2)15-13-22/h3-16H,17-18H2,1-2H3. The number of nitrogens with zero attached hydrogens (tertiary/aromatic N) is 3. The average Bonchev–Trinajstić information content (AvgIpc) is 2.88. The van der Waals surface area contributed by atoms with Crippen molar-refractivity contribution in [3.63, 3.8) is 0 Å². The second kappa shape index (κ2) is 11.2. The molecule has 0 spiro atoms. The number of hydrogen-bond donors (Lipinski definition) is 0. The van der Waals surface area contributed by atoms with E-state index in [9.17, 15) is 4.79 Å². The van der Waals surface area contributed by atoms with Gasteiger partial charge in [-0.3, -0.25) is 4.79 Å². The minimum Gasteiger partial charge on any atom is -0.497 e. The zero-order valence-corrected chi connectivity index (χ0v) is 20.5. The van der Waals surface area contributed by atoms with Gasteiger partial charge in [-0.15, -0.1) is 0 Å². The number of aromatic nitrogens is 2. The first kappa shape index (κ1) is 23.8. The predicted octanol–water partition coefficient (Wildman–Crippen LogP) is 6.59. The average molecular weight is 490 g/mol. The van der Waals surface area contributed by atoms with Gasteiger partial charge in [0, 0.05) is 11.4 Å². The summed E-state index contributed by atoms with van der Waals surface area (Å²) in [4.78, 5) is 24.3. The van der Waals surface area contributed by atoms with E-state index in [1.807, 2.05) is 66.7 Å². The number of methoxy groups -OCH3 is 1. The number of rotatable bonds is 8. The molecule has 0 radical (unpaired) electrons. The van der Waals surface area contributed by atoms with Crippen LogP contribution in [0.2, 0.25) is 5.02 Å². The molecule has 4 aromatic rings. The van der Waals surface area contributed by atoms with Crippen molar-refractivity contribution in [2.45, 2.75) is 24.4 Å². The molecule has 172 valence electrons. The number of ether oxygens (including phenoxy) is 1. The Morgan fingerprint density at radius 3 is 2.41 bits per heavy atom. The number of anilines is 1. The number of benzene rings is 3. The molecule has 0 aliphatic heterocycles. The van der Waals surface area contributed by atoms with Crippen LogP contribution in [0.3, 0.4) is 0 Å². The quantitative estimate of drug-likeness (QED) is 0.206. The molecule has 34 heavy (non-hydrogen) atoms. The van der Waals surface area contributed by atoms with Crippen LogP contribution in [0, 0.1) is 6.92 Å². The normalized spacial score (nSPS) is 10.7. The maximum absolute atomic E-state index is 13.7. The minimum absolute atomic E-state index is 0.177. The second-order valence-corrected chi connectivity index (χ2v) is 8.99. The molecule has 0 N–H and O–H groups in total. The summed E-state index contributed by atoms with van der Waals surface area (Å²) in [6, 6.07) is 25.3. The van der Waals surface area contributed by atoms with Gasteiger partial charge in [0.2, 0.25) is 0 Å². The first-order valence-corrected chi connectivity index (χ1v) is 12.1. The lowest BCUT2D eigenvalue weighted by Gasteiger charge is -2.23. The van der Waals surface area contributed by atoms with Crippen LogP contribution in [-0.4, -0.2) is 23.0 Å². The molecule has 0 atom stereocenters. The summed E-state index contributed by atoms with van der Waals surface area (Å²) < 4.78 is 5.27. The Balaban J connectivity index is 1.63. The van der Waals surface area contributed by atoms with Crippen molar-refractivity contribution in [1.29, 1.82) is 0 Å². The summed E-state index contributed by atoms with van der Waals surface area (Å²) in [6.45, 7) is 2.45. The zero-order valence-electron chi connectivity index (χ0n) is 18.9. The summed E-state index contributed by atoms with van der Waals surface area (Å²) in [6.07, 6.45) is 1.50. The first-order chi connectivity index (χ1) is 16.5. The largest absolute Gasteiger partial charge is 0.497 e. The van der Waals surface area contributed by atoms with E-state index in [2.05, 4.69) is 29.0 Å². The molecular weight excluding hydrogens is 466 g/mol. The van der Waals surface area contributed by atoms with Crippen LogP contribution < -0.4 is 9.64 Å². The second-order valence-electron chi connectivity index (χ2n) is 7.64. The van der Waals surface area contributed by atoms with Crippen LogP contribution in [0.4, 0.5) is 5.69 Å². The van der Waals surface area contributed by atoms with Crippen molar-refractivity contribution < 1.29 is 9.53 Å². The SMILES string of the molecule is COc1ccc(N(Cc2ccccc2)C(=O)c2nc(SCc3ccccc3C)ncc2Cl)cc1. The Labute approximate surface area is 208 Å². The molecule has 0 saturated carbocycles. The van der Waals surface area contributed by atoms with Crippen LogP contribution in [0.5, 0.6) is 5.75 Å². The molecule has 5 nitrogen and oxygen atoms in total. The summed E-state index contributed by atoms with van der Waals surface area (Å²) >= 11 is 7.89. The van der Waals surface area contributed by atoms with Gasteiger partial charge in [0.15, 0.2) is 10.9 Å². The van der Waals surface area contributed by atoms with Gasteiger partial charge < -0.3 is 9.64 Å². The summed E-state index contributed by atoms with van der Waals surface area (Å²) in [5, 5.41) is 0.724. The molecule has 1 amide bonds. The maximum atomic E-state index is 13.7. The van der Waals surface area contributed by atoms with E-state index in [0.717, 1.165) is 11.3 Å². The Kier molecular flexibility index (Phi) is 7.83. The van der Waals surface area contributed by atoms with E-state index in [1.165, 1.54) is 29.1 Å². The van der Waals surface area contributed by atoms with Crippen LogP contribution in [0.25, 0.3) is 0 Å². The molecule has 3 aromatic carbocycles. The van der Waals surface area contributed by atoms with Crippen LogP contribution in [0.1, 0.15) is 27.2 Å². The number of amides is 1. The number of aryl methyl sites for hydroxylation is 1.